The molecule has 3 aromatic carbocycles. The normalized spacial score (nSPS) is 10.8. The molecular weight excluding hydrogens is 416 g/mol. The minimum Gasteiger partial charge on any atom is -0.494 e. The zero-order chi connectivity index (χ0) is 21.8. The molecule has 6 nitrogen and oxygen atoms in total. The van der Waals surface area contributed by atoms with Crippen LogP contribution >= 0.6 is 11.3 Å². The van der Waals surface area contributed by atoms with Gasteiger partial charge in [-0.25, -0.2) is 9.59 Å². The lowest BCUT2D eigenvalue weighted by molar-refractivity contribution is 0.0735. The maximum atomic E-state index is 12.6. The molecule has 0 saturated heterocycles. The van der Waals surface area contributed by atoms with E-state index >= 15 is 0 Å². The molecule has 0 radical (unpaired) electrons. The first-order chi connectivity index (χ1) is 15.1. The van der Waals surface area contributed by atoms with Crippen molar-refractivity contribution >= 4 is 27.6 Å². The van der Waals surface area contributed by atoms with Gasteiger partial charge < -0.3 is 18.6 Å². The van der Waals surface area contributed by atoms with E-state index in [0.29, 0.717) is 46.1 Å². The molecule has 0 aliphatic carbocycles. The second-order valence-electron chi connectivity index (χ2n) is 6.56. The van der Waals surface area contributed by atoms with E-state index in [1.165, 1.54) is 0 Å². The lowest BCUT2D eigenvalue weighted by atomic mass is 10.0. The van der Waals surface area contributed by atoms with Crippen LogP contribution in [0.1, 0.15) is 24.2 Å². The third-order valence-electron chi connectivity index (χ3n) is 4.49. The summed E-state index contributed by atoms with van der Waals surface area (Å²) in [5, 5.41) is 0. The lowest BCUT2D eigenvalue weighted by Crippen LogP contribution is -2.08. The number of hydrogen-bond acceptors (Lipinski definition) is 7. The van der Waals surface area contributed by atoms with Crippen molar-refractivity contribution in [1.82, 2.24) is 0 Å². The standard InChI is InChI=1S/C24H20O6S/c1-3-27-17-9-5-15(6-10-17)20-13-19(14-21-22(20)30-24(26)31-21)29-23(25)16-7-11-18(12-8-16)28-4-2/h5-14H,3-4H2,1-2H3. The number of ether oxygens (including phenoxy) is 3. The molecule has 158 valence electrons. The number of rotatable bonds is 7. The molecule has 4 rings (SSSR count). The predicted octanol–water partition coefficient (Wildman–Crippen LogP) is 5.54. The highest BCUT2D eigenvalue weighted by atomic mass is 32.1. The van der Waals surface area contributed by atoms with Gasteiger partial charge in [0.2, 0.25) is 0 Å². The van der Waals surface area contributed by atoms with Crippen LogP contribution in [0.2, 0.25) is 0 Å². The molecule has 0 aliphatic heterocycles. The minimum atomic E-state index is -0.504. The Bertz CT molecular complexity index is 1250. The monoisotopic (exact) mass is 436 g/mol. The van der Waals surface area contributed by atoms with Crippen LogP contribution in [0, 0.1) is 0 Å². The minimum absolute atomic E-state index is 0.326. The van der Waals surface area contributed by atoms with Crippen LogP contribution in [-0.2, 0) is 0 Å². The highest BCUT2D eigenvalue weighted by Crippen LogP contribution is 2.35. The Labute approximate surface area is 182 Å². The summed E-state index contributed by atoms with van der Waals surface area (Å²) < 4.78 is 22.5. The fourth-order valence-corrected chi connectivity index (χ4v) is 3.87. The van der Waals surface area contributed by atoms with Gasteiger partial charge in [0.05, 0.1) is 23.5 Å². The number of carbonyl (C=O) groups is 1. The molecule has 0 N–H and O–H groups in total. The van der Waals surface area contributed by atoms with Crippen LogP contribution in [0.3, 0.4) is 0 Å². The van der Waals surface area contributed by atoms with E-state index < -0.39 is 10.9 Å². The summed E-state index contributed by atoms with van der Waals surface area (Å²) in [4.78, 5) is 24.1. The van der Waals surface area contributed by atoms with E-state index in [-0.39, 0.29) is 0 Å². The van der Waals surface area contributed by atoms with E-state index in [1.807, 2.05) is 38.1 Å². The summed E-state index contributed by atoms with van der Waals surface area (Å²) in [7, 11) is 0. The maximum absolute atomic E-state index is 12.6. The van der Waals surface area contributed by atoms with Crippen molar-refractivity contribution in [1.29, 1.82) is 0 Å². The molecule has 0 bridgehead atoms. The average molecular weight is 436 g/mol. The SMILES string of the molecule is CCOc1ccc(C(=O)Oc2cc(-c3ccc(OCC)cc3)c3oc(=O)sc3c2)cc1. The number of hydrogen-bond donors (Lipinski definition) is 0. The lowest BCUT2D eigenvalue weighted by Gasteiger charge is -2.09. The van der Waals surface area contributed by atoms with E-state index in [2.05, 4.69) is 0 Å². The van der Waals surface area contributed by atoms with Crippen LogP contribution in [0.5, 0.6) is 17.2 Å². The van der Waals surface area contributed by atoms with Gasteiger partial charge in [-0.15, -0.1) is 0 Å². The molecule has 7 heteroatoms. The number of benzene rings is 3. The van der Waals surface area contributed by atoms with Crippen molar-refractivity contribution in [3.8, 4) is 28.4 Å². The van der Waals surface area contributed by atoms with Crippen molar-refractivity contribution in [2.75, 3.05) is 13.2 Å². The van der Waals surface area contributed by atoms with Crippen molar-refractivity contribution in [2.45, 2.75) is 13.8 Å². The van der Waals surface area contributed by atoms with Crippen molar-refractivity contribution < 1.29 is 23.4 Å². The molecule has 0 aliphatic rings. The number of esters is 1. The first-order valence-corrected chi connectivity index (χ1v) is 10.6. The Hall–Kier alpha value is -3.58. The second-order valence-corrected chi connectivity index (χ2v) is 7.53. The third-order valence-corrected chi connectivity index (χ3v) is 5.27. The van der Waals surface area contributed by atoms with Gasteiger partial charge in [0.15, 0.2) is 5.58 Å². The molecule has 0 atom stereocenters. The van der Waals surface area contributed by atoms with Crippen LogP contribution in [0.15, 0.2) is 69.9 Å². The van der Waals surface area contributed by atoms with Gasteiger partial charge in [-0.1, -0.05) is 23.5 Å². The maximum Gasteiger partial charge on any atom is 0.396 e. The van der Waals surface area contributed by atoms with Gasteiger partial charge in [0.25, 0.3) is 0 Å². The number of carbonyl (C=O) groups excluding carboxylic acids is 1. The van der Waals surface area contributed by atoms with Crippen molar-refractivity contribution in [2.24, 2.45) is 0 Å². The van der Waals surface area contributed by atoms with Crippen LogP contribution < -0.4 is 19.1 Å². The van der Waals surface area contributed by atoms with E-state index in [1.54, 1.807) is 36.4 Å². The Balaban J connectivity index is 1.67. The fourth-order valence-electron chi connectivity index (χ4n) is 3.14. The zero-order valence-corrected chi connectivity index (χ0v) is 17.9. The van der Waals surface area contributed by atoms with Crippen molar-refractivity contribution in [3.05, 3.63) is 76.0 Å². The summed E-state index contributed by atoms with van der Waals surface area (Å²) in [6.45, 7) is 4.93. The van der Waals surface area contributed by atoms with Crippen LogP contribution in [0.25, 0.3) is 21.4 Å². The van der Waals surface area contributed by atoms with E-state index in [0.717, 1.165) is 22.6 Å². The molecule has 1 aromatic heterocycles. The predicted molar refractivity (Wildman–Crippen MR) is 120 cm³/mol. The molecule has 0 saturated carbocycles. The topological polar surface area (TPSA) is 75.0 Å². The van der Waals surface area contributed by atoms with Crippen LogP contribution in [-0.4, -0.2) is 19.2 Å². The molecular formula is C24H20O6S. The van der Waals surface area contributed by atoms with Gasteiger partial charge in [0, 0.05) is 11.6 Å². The van der Waals surface area contributed by atoms with Gasteiger partial charge in [-0.2, -0.15) is 0 Å². The Morgan fingerprint density at radius 1 is 0.871 bits per heavy atom. The van der Waals surface area contributed by atoms with Crippen LogP contribution in [0.4, 0.5) is 0 Å². The molecule has 0 spiro atoms. The Morgan fingerprint density at radius 3 is 2.10 bits per heavy atom. The fraction of sp³-hybridized carbons (Fsp3) is 0.167. The zero-order valence-electron chi connectivity index (χ0n) is 17.0. The molecule has 1 heterocycles. The summed E-state index contributed by atoms with van der Waals surface area (Å²) in [6, 6.07) is 17.5. The van der Waals surface area contributed by atoms with Gasteiger partial charge in [-0.3, -0.25) is 0 Å². The highest BCUT2D eigenvalue weighted by molar-refractivity contribution is 7.16. The summed E-state index contributed by atoms with van der Waals surface area (Å²) >= 11 is 0.962. The summed E-state index contributed by atoms with van der Waals surface area (Å²) in [5.41, 5.74) is 2.33. The smallest absolute Gasteiger partial charge is 0.396 e. The summed E-state index contributed by atoms with van der Waals surface area (Å²) in [6.07, 6.45) is 0. The molecule has 0 fully saturated rings. The van der Waals surface area contributed by atoms with E-state index in [9.17, 15) is 9.59 Å². The summed E-state index contributed by atoms with van der Waals surface area (Å²) in [5.74, 6) is 1.25. The Kier molecular flexibility index (Phi) is 6.04. The second kappa shape index (κ2) is 9.06. The van der Waals surface area contributed by atoms with Gasteiger partial charge in [0.1, 0.15) is 17.2 Å². The molecule has 0 unspecified atom stereocenters. The molecule has 0 amide bonds. The Morgan fingerprint density at radius 2 is 1.48 bits per heavy atom. The third kappa shape index (κ3) is 4.62. The van der Waals surface area contributed by atoms with E-state index in [4.69, 9.17) is 18.6 Å². The highest BCUT2D eigenvalue weighted by Gasteiger charge is 2.16. The first-order valence-electron chi connectivity index (χ1n) is 9.83. The quantitative estimate of drug-likeness (QED) is 0.280. The van der Waals surface area contributed by atoms with Gasteiger partial charge >= 0.3 is 10.9 Å². The molecule has 31 heavy (non-hydrogen) atoms. The van der Waals surface area contributed by atoms with Crippen molar-refractivity contribution in [3.63, 3.8) is 0 Å². The number of fused-ring (bicyclic) bond motifs is 1. The first kappa shape index (κ1) is 20.7. The molecule has 4 aromatic rings. The van der Waals surface area contributed by atoms with Gasteiger partial charge in [-0.05, 0) is 61.9 Å². The largest absolute Gasteiger partial charge is 0.494 e. The average Bonchev–Trinajstić information content (AvgIpc) is 3.15.